The lowest BCUT2D eigenvalue weighted by molar-refractivity contribution is 0.128. The summed E-state index contributed by atoms with van der Waals surface area (Å²) in [5.74, 6) is 1.92. The zero-order valence-corrected chi connectivity index (χ0v) is 13.8. The second-order valence-corrected chi connectivity index (χ2v) is 6.80. The Bertz CT molecular complexity index is 275. The Labute approximate surface area is 123 Å². The van der Waals surface area contributed by atoms with Gasteiger partial charge >= 0.3 is 0 Å². The fourth-order valence-corrected chi connectivity index (χ4v) is 3.29. The average Bonchev–Trinajstić information content (AvgIpc) is 2.43. The van der Waals surface area contributed by atoms with Gasteiger partial charge < -0.3 is 10.1 Å². The molecule has 1 rings (SSSR count). The fourth-order valence-electron chi connectivity index (χ4n) is 1.99. The van der Waals surface area contributed by atoms with Crippen LogP contribution in [0, 0.1) is 11.3 Å². The van der Waals surface area contributed by atoms with Crippen molar-refractivity contribution in [1.29, 1.82) is 0 Å². The summed E-state index contributed by atoms with van der Waals surface area (Å²) in [7, 11) is 0. The molecule has 0 aliphatic carbocycles. The Hall–Kier alpha value is -0.220. The van der Waals surface area contributed by atoms with Gasteiger partial charge in [0.1, 0.15) is 0 Å². The van der Waals surface area contributed by atoms with E-state index in [4.69, 9.17) is 4.74 Å². The van der Waals surface area contributed by atoms with Crippen LogP contribution in [0.1, 0.15) is 47.0 Å². The third-order valence-electron chi connectivity index (χ3n) is 3.94. The van der Waals surface area contributed by atoms with E-state index in [1.54, 1.807) is 0 Å². The van der Waals surface area contributed by atoms with Crippen LogP contribution < -0.4 is 5.32 Å². The second-order valence-electron chi connectivity index (χ2n) is 5.84. The van der Waals surface area contributed by atoms with Gasteiger partial charge in [0.2, 0.25) is 0 Å². The summed E-state index contributed by atoms with van der Waals surface area (Å²) >= 11 is 1.87. The first-order chi connectivity index (χ1) is 9.12. The minimum Gasteiger partial charge on any atom is -0.380 e. The van der Waals surface area contributed by atoms with Gasteiger partial charge in [-0.25, -0.2) is 0 Å². The highest BCUT2D eigenvalue weighted by molar-refractivity contribution is 8.13. The van der Waals surface area contributed by atoms with Gasteiger partial charge in [-0.1, -0.05) is 39.5 Å². The highest BCUT2D eigenvalue weighted by Gasteiger charge is 2.29. The first-order valence-corrected chi connectivity index (χ1v) is 8.59. The molecule has 1 aliphatic heterocycles. The molecular formula is C15H30N2OS. The molecule has 0 unspecified atom stereocenters. The van der Waals surface area contributed by atoms with Crippen molar-refractivity contribution in [3.05, 3.63) is 0 Å². The zero-order valence-electron chi connectivity index (χ0n) is 13.0. The molecule has 1 heterocycles. The molecule has 0 aromatic rings. The summed E-state index contributed by atoms with van der Waals surface area (Å²) < 4.78 is 5.59. The lowest BCUT2D eigenvalue weighted by Crippen LogP contribution is -2.35. The zero-order chi connectivity index (χ0) is 14.1. The van der Waals surface area contributed by atoms with E-state index in [1.807, 2.05) is 11.8 Å². The molecule has 4 heteroatoms. The minimum absolute atomic E-state index is 0.434. The lowest BCUT2D eigenvalue weighted by atomic mass is 9.84. The van der Waals surface area contributed by atoms with Crippen molar-refractivity contribution in [2.75, 3.05) is 32.1 Å². The number of rotatable bonds is 8. The average molecular weight is 286 g/mol. The molecule has 3 nitrogen and oxygen atoms in total. The normalized spacial score (nSPS) is 18.5. The summed E-state index contributed by atoms with van der Waals surface area (Å²) in [4.78, 5) is 4.68. The molecular weight excluding hydrogens is 256 g/mol. The standard InChI is InChI=1S/C15H30N2OS/c1-5-15(6-2)11-17-14(19-12-15)16-8-10-18-9-7-13(3)4/h13H,5-12H2,1-4H3,(H,16,17). The van der Waals surface area contributed by atoms with E-state index in [0.29, 0.717) is 5.41 Å². The van der Waals surface area contributed by atoms with E-state index in [0.717, 1.165) is 43.8 Å². The number of aliphatic imine (C=N–C) groups is 1. The van der Waals surface area contributed by atoms with E-state index in [2.05, 4.69) is 38.0 Å². The van der Waals surface area contributed by atoms with Crippen LogP contribution in [0.15, 0.2) is 4.99 Å². The minimum atomic E-state index is 0.434. The first-order valence-electron chi connectivity index (χ1n) is 7.60. The number of amidine groups is 1. The molecule has 0 aromatic carbocycles. The van der Waals surface area contributed by atoms with Crippen molar-refractivity contribution >= 4 is 16.9 Å². The van der Waals surface area contributed by atoms with Gasteiger partial charge in [0, 0.05) is 25.4 Å². The van der Waals surface area contributed by atoms with Crippen molar-refractivity contribution in [3.63, 3.8) is 0 Å². The van der Waals surface area contributed by atoms with Gasteiger partial charge in [-0.3, -0.25) is 4.99 Å². The molecule has 0 bridgehead atoms. The van der Waals surface area contributed by atoms with E-state index in [1.165, 1.54) is 18.6 Å². The van der Waals surface area contributed by atoms with Crippen molar-refractivity contribution in [1.82, 2.24) is 5.32 Å². The monoisotopic (exact) mass is 286 g/mol. The molecule has 0 amide bonds. The number of hydrogen-bond acceptors (Lipinski definition) is 4. The number of hydrogen-bond donors (Lipinski definition) is 1. The number of nitrogens with zero attached hydrogens (tertiary/aromatic N) is 1. The Kier molecular flexibility index (Phi) is 7.84. The van der Waals surface area contributed by atoms with Crippen LogP contribution in [0.5, 0.6) is 0 Å². The van der Waals surface area contributed by atoms with Gasteiger partial charge in [0.05, 0.1) is 6.61 Å². The molecule has 0 fully saturated rings. The summed E-state index contributed by atoms with van der Waals surface area (Å²) in [6.07, 6.45) is 3.60. The van der Waals surface area contributed by atoms with E-state index < -0.39 is 0 Å². The van der Waals surface area contributed by atoms with Crippen LogP contribution in [-0.2, 0) is 4.74 Å². The molecule has 1 aliphatic rings. The Morgan fingerprint density at radius 3 is 2.58 bits per heavy atom. The Balaban J connectivity index is 2.13. The molecule has 0 saturated heterocycles. The molecule has 0 atom stereocenters. The Morgan fingerprint density at radius 2 is 2.05 bits per heavy atom. The van der Waals surface area contributed by atoms with Crippen molar-refractivity contribution in [3.8, 4) is 0 Å². The summed E-state index contributed by atoms with van der Waals surface area (Å²) in [5, 5.41) is 4.49. The van der Waals surface area contributed by atoms with Crippen molar-refractivity contribution < 1.29 is 4.74 Å². The number of nitrogens with one attached hydrogen (secondary N) is 1. The van der Waals surface area contributed by atoms with Crippen molar-refractivity contribution in [2.45, 2.75) is 47.0 Å². The van der Waals surface area contributed by atoms with Crippen molar-refractivity contribution in [2.24, 2.45) is 16.3 Å². The van der Waals surface area contributed by atoms with Gasteiger partial charge in [-0.15, -0.1) is 0 Å². The summed E-state index contributed by atoms with van der Waals surface area (Å²) in [6.45, 7) is 12.5. The third-order valence-corrected chi connectivity index (χ3v) is 5.24. The molecule has 0 radical (unpaired) electrons. The molecule has 112 valence electrons. The summed E-state index contributed by atoms with van der Waals surface area (Å²) in [6, 6.07) is 0. The molecule has 0 aromatic heterocycles. The SMILES string of the molecule is CCC1(CC)CN=C(NCCOCCC(C)C)SC1. The van der Waals surface area contributed by atoms with Gasteiger partial charge in [-0.2, -0.15) is 0 Å². The largest absolute Gasteiger partial charge is 0.380 e. The maximum atomic E-state index is 5.59. The van der Waals surface area contributed by atoms with Gasteiger partial charge in [0.25, 0.3) is 0 Å². The second kappa shape index (κ2) is 8.85. The predicted octanol–water partition coefficient (Wildman–Crippen LogP) is 3.55. The topological polar surface area (TPSA) is 33.6 Å². The van der Waals surface area contributed by atoms with Crippen LogP contribution in [0.3, 0.4) is 0 Å². The van der Waals surface area contributed by atoms with E-state index in [-0.39, 0.29) is 0 Å². The van der Waals surface area contributed by atoms with E-state index in [9.17, 15) is 0 Å². The van der Waals surface area contributed by atoms with Crippen LogP contribution in [0.4, 0.5) is 0 Å². The van der Waals surface area contributed by atoms with Crippen LogP contribution in [-0.4, -0.2) is 37.2 Å². The maximum Gasteiger partial charge on any atom is 0.156 e. The van der Waals surface area contributed by atoms with E-state index >= 15 is 0 Å². The van der Waals surface area contributed by atoms with Crippen LogP contribution in [0.25, 0.3) is 0 Å². The number of ether oxygens (including phenoxy) is 1. The third kappa shape index (κ3) is 6.17. The number of thioether (sulfide) groups is 1. The van der Waals surface area contributed by atoms with Gasteiger partial charge in [0.15, 0.2) is 5.17 Å². The molecule has 19 heavy (non-hydrogen) atoms. The highest BCUT2D eigenvalue weighted by atomic mass is 32.2. The fraction of sp³-hybridized carbons (Fsp3) is 0.933. The first kappa shape index (κ1) is 16.8. The van der Waals surface area contributed by atoms with Crippen LogP contribution >= 0.6 is 11.8 Å². The van der Waals surface area contributed by atoms with Crippen LogP contribution in [0.2, 0.25) is 0 Å². The highest BCUT2D eigenvalue weighted by Crippen LogP contribution is 2.34. The molecule has 1 N–H and O–H groups in total. The summed E-state index contributed by atoms with van der Waals surface area (Å²) in [5.41, 5.74) is 0.434. The molecule has 0 saturated carbocycles. The smallest absolute Gasteiger partial charge is 0.156 e. The maximum absolute atomic E-state index is 5.59. The predicted molar refractivity (Wildman–Crippen MR) is 86.1 cm³/mol. The molecule has 0 spiro atoms. The quantitative estimate of drug-likeness (QED) is 0.693. The Morgan fingerprint density at radius 1 is 1.32 bits per heavy atom. The van der Waals surface area contributed by atoms with Gasteiger partial charge in [-0.05, 0) is 30.6 Å². The lowest BCUT2D eigenvalue weighted by Gasteiger charge is -2.33.